The molecule has 14 heavy (non-hydrogen) atoms. The predicted molar refractivity (Wildman–Crippen MR) is 57.7 cm³/mol. The van der Waals surface area contributed by atoms with Crippen LogP contribution in [0.1, 0.15) is 30.4 Å². The summed E-state index contributed by atoms with van der Waals surface area (Å²) in [4.78, 5) is 0. The van der Waals surface area contributed by atoms with Crippen LogP contribution in [0.25, 0.3) is 0 Å². The molecule has 2 heteroatoms. The van der Waals surface area contributed by atoms with Crippen molar-refractivity contribution in [2.75, 3.05) is 7.05 Å². The van der Waals surface area contributed by atoms with Crippen molar-refractivity contribution in [3.63, 3.8) is 0 Å². The third kappa shape index (κ3) is 1.40. The Morgan fingerprint density at radius 1 is 1.50 bits per heavy atom. The summed E-state index contributed by atoms with van der Waals surface area (Å²) < 4.78 is 0. The summed E-state index contributed by atoms with van der Waals surface area (Å²) in [5.41, 5.74) is 2.48. The van der Waals surface area contributed by atoms with E-state index in [1.807, 2.05) is 13.1 Å². The number of benzene rings is 1. The standard InChI is InChI=1S/C12H17NO/c1-8(13-2)9-6-7-11-10(9)4-3-5-12(11)14/h3-5,8-9,13-14H,6-7H2,1-2H3. The number of hydrogen-bond acceptors (Lipinski definition) is 2. The van der Waals surface area contributed by atoms with Gasteiger partial charge in [0, 0.05) is 6.04 Å². The molecule has 0 fully saturated rings. The van der Waals surface area contributed by atoms with E-state index in [2.05, 4.69) is 18.3 Å². The van der Waals surface area contributed by atoms with Crippen LogP contribution in [-0.4, -0.2) is 18.2 Å². The molecule has 76 valence electrons. The van der Waals surface area contributed by atoms with E-state index in [9.17, 15) is 5.11 Å². The van der Waals surface area contributed by atoms with Gasteiger partial charge in [0.05, 0.1) is 0 Å². The first-order chi connectivity index (χ1) is 6.74. The van der Waals surface area contributed by atoms with Crippen molar-refractivity contribution < 1.29 is 5.11 Å². The molecule has 2 nitrogen and oxygen atoms in total. The maximum absolute atomic E-state index is 9.68. The Morgan fingerprint density at radius 3 is 3.00 bits per heavy atom. The molecule has 1 aliphatic carbocycles. The first-order valence-corrected chi connectivity index (χ1v) is 5.22. The van der Waals surface area contributed by atoms with Crippen molar-refractivity contribution in [1.82, 2.24) is 5.32 Å². The Bertz CT molecular complexity index is 335. The van der Waals surface area contributed by atoms with Crippen molar-refractivity contribution >= 4 is 0 Å². The van der Waals surface area contributed by atoms with E-state index in [0.717, 1.165) is 18.4 Å². The van der Waals surface area contributed by atoms with Crippen LogP contribution in [0, 0.1) is 0 Å². The van der Waals surface area contributed by atoms with Gasteiger partial charge in [-0.3, -0.25) is 0 Å². The first kappa shape index (κ1) is 9.53. The molecular formula is C12H17NO. The van der Waals surface area contributed by atoms with Gasteiger partial charge in [0.15, 0.2) is 0 Å². The SMILES string of the molecule is CNC(C)C1CCc2c(O)cccc21. The molecule has 1 aromatic carbocycles. The fraction of sp³-hybridized carbons (Fsp3) is 0.500. The summed E-state index contributed by atoms with van der Waals surface area (Å²) >= 11 is 0. The van der Waals surface area contributed by atoms with Crippen LogP contribution < -0.4 is 5.32 Å². The second-order valence-corrected chi connectivity index (χ2v) is 4.07. The Kier molecular flexibility index (Phi) is 2.46. The van der Waals surface area contributed by atoms with Gasteiger partial charge >= 0.3 is 0 Å². The fourth-order valence-electron chi connectivity index (χ4n) is 2.39. The van der Waals surface area contributed by atoms with Crippen molar-refractivity contribution in [2.45, 2.75) is 31.7 Å². The lowest BCUT2D eigenvalue weighted by molar-refractivity contribution is 0.469. The van der Waals surface area contributed by atoms with E-state index in [0.29, 0.717) is 17.7 Å². The van der Waals surface area contributed by atoms with E-state index in [4.69, 9.17) is 0 Å². The Hall–Kier alpha value is -1.02. The highest BCUT2D eigenvalue weighted by atomic mass is 16.3. The van der Waals surface area contributed by atoms with Gasteiger partial charge in [0.2, 0.25) is 0 Å². The van der Waals surface area contributed by atoms with Crippen molar-refractivity contribution in [1.29, 1.82) is 0 Å². The number of phenolic OH excluding ortho intramolecular Hbond substituents is 1. The third-order valence-corrected chi connectivity index (χ3v) is 3.35. The van der Waals surface area contributed by atoms with Gasteiger partial charge in [0.1, 0.15) is 5.75 Å². The number of hydrogen-bond donors (Lipinski definition) is 2. The molecule has 1 aliphatic rings. The third-order valence-electron chi connectivity index (χ3n) is 3.35. The van der Waals surface area contributed by atoms with Crippen molar-refractivity contribution in [3.8, 4) is 5.75 Å². The number of rotatable bonds is 2. The molecule has 0 amide bonds. The molecule has 0 aromatic heterocycles. The summed E-state index contributed by atoms with van der Waals surface area (Å²) in [7, 11) is 1.99. The molecule has 0 bridgehead atoms. The average molecular weight is 191 g/mol. The quantitative estimate of drug-likeness (QED) is 0.749. The molecule has 0 saturated heterocycles. The maximum atomic E-state index is 9.68. The molecule has 1 aromatic rings. The number of fused-ring (bicyclic) bond motifs is 1. The summed E-state index contributed by atoms with van der Waals surface area (Å²) in [5, 5.41) is 13.0. The summed E-state index contributed by atoms with van der Waals surface area (Å²) in [6.45, 7) is 2.20. The smallest absolute Gasteiger partial charge is 0.119 e. The lowest BCUT2D eigenvalue weighted by atomic mass is 9.94. The van der Waals surface area contributed by atoms with Gasteiger partial charge in [-0.1, -0.05) is 12.1 Å². The van der Waals surface area contributed by atoms with E-state index in [1.165, 1.54) is 5.56 Å². The van der Waals surface area contributed by atoms with Gasteiger partial charge in [0.25, 0.3) is 0 Å². The number of nitrogens with one attached hydrogen (secondary N) is 1. The van der Waals surface area contributed by atoms with Gasteiger partial charge in [-0.05, 0) is 49.9 Å². The van der Waals surface area contributed by atoms with Gasteiger partial charge in [-0.2, -0.15) is 0 Å². The normalized spacial score (nSPS) is 22.0. The lowest BCUT2D eigenvalue weighted by Gasteiger charge is -2.19. The van der Waals surface area contributed by atoms with E-state index < -0.39 is 0 Å². The van der Waals surface area contributed by atoms with Crippen LogP contribution in [-0.2, 0) is 6.42 Å². The first-order valence-electron chi connectivity index (χ1n) is 5.22. The zero-order valence-corrected chi connectivity index (χ0v) is 8.75. The Labute approximate surface area is 85.0 Å². The highest BCUT2D eigenvalue weighted by Gasteiger charge is 2.27. The van der Waals surface area contributed by atoms with Gasteiger partial charge in [-0.15, -0.1) is 0 Å². The molecule has 0 aliphatic heterocycles. The van der Waals surface area contributed by atoms with E-state index >= 15 is 0 Å². The monoisotopic (exact) mass is 191 g/mol. The molecule has 2 rings (SSSR count). The van der Waals surface area contributed by atoms with Crippen LogP contribution in [0.3, 0.4) is 0 Å². The van der Waals surface area contributed by atoms with Crippen LogP contribution in [0.4, 0.5) is 0 Å². The Morgan fingerprint density at radius 2 is 2.29 bits per heavy atom. The molecule has 0 spiro atoms. The van der Waals surface area contributed by atoms with Crippen LogP contribution >= 0.6 is 0 Å². The minimum absolute atomic E-state index is 0.466. The minimum Gasteiger partial charge on any atom is -0.508 e. The zero-order valence-electron chi connectivity index (χ0n) is 8.75. The maximum Gasteiger partial charge on any atom is 0.119 e. The molecule has 0 heterocycles. The van der Waals surface area contributed by atoms with E-state index in [-0.39, 0.29) is 0 Å². The molecule has 2 unspecified atom stereocenters. The summed E-state index contributed by atoms with van der Waals surface area (Å²) in [5.74, 6) is 1.02. The molecule has 2 atom stereocenters. The number of likely N-dealkylation sites (N-methyl/N-ethyl adjacent to an activating group) is 1. The topological polar surface area (TPSA) is 32.3 Å². The molecule has 0 radical (unpaired) electrons. The minimum atomic E-state index is 0.466. The fourth-order valence-corrected chi connectivity index (χ4v) is 2.39. The molecule has 2 N–H and O–H groups in total. The molecule has 0 saturated carbocycles. The van der Waals surface area contributed by atoms with Crippen molar-refractivity contribution in [3.05, 3.63) is 29.3 Å². The molecular weight excluding hydrogens is 174 g/mol. The van der Waals surface area contributed by atoms with Crippen LogP contribution in [0.5, 0.6) is 5.75 Å². The largest absolute Gasteiger partial charge is 0.508 e. The lowest BCUT2D eigenvalue weighted by Crippen LogP contribution is -2.27. The van der Waals surface area contributed by atoms with Crippen molar-refractivity contribution in [2.24, 2.45) is 0 Å². The van der Waals surface area contributed by atoms with Gasteiger partial charge < -0.3 is 10.4 Å². The second-order valence-electron chi connectivity index (χ2n) is 4.07. The zero-order chi connectivity index (χ0) is 10.1. The Balaban J connectivity index is 2.35. The average Bonchev–Trinajstić information content (AvgIpc) is 2.62. The predicted octanol–water partition coefficient (Wildman–Crippen LogP) is 2.03. The van der Waals surface area contributed by atoms with Crippen LogP contribution in [0.15, 0.2) is 18.2 Å². The summed E-state index contributed by atoms with van der Waals surface area (Å²) in [6, 6.07) is 6.35. The summed E-state index contributed by atoms with van der Waals surface area (Å²) in [6.07, 6.45) is 2.16. The number of phenols is 1. The highest BCUT2D eigenvalue weighted by Crippen LogP contribution is 2.39. The van der Waals surface area contributed by atoms with Crippen LogP contribution in [0.2, 0.25) is 0 Å². The van der Waals surface area contributed by atoms with Gasteiger partial charge in [-0.25, -0.2) is 0 Å². The number of aromatic hydroxyl groups is 1. The van der Waals surface area contributed by atoms with E-state index in [1.54, 1.807) is 6.07 Å². The second kappa shape index (κ2) is 3.62. The highest BCUT2D eigenvalue weighted by molar-refractivity contribution is 5.45.